The first-order chi connectivity index (χ1) is 9.60. The van der Waals surface area contributed by atoms with E-state index in [1.807, 2.05) is 37.7 Å². The van der Waals surface area contributed by atoms with Gasteiger partial charge in [0, 0.05) is 32.5 Å². The molecule has 1 aromatic rings. The zero-order valence-electron chi connectivity index (χ0n) is 13.5. The maximum Gasteiger partial charge on any atom is 0.317 e. The third-order valence-corrected chi connectivity index (χ3v) is 3.59. The molecule has 0 aliphatic carbocycles. The number of nitrogens with one attached hydrogen (secondary N) is 1. The summed E-state index contributed by atoms with van der Waals surface area (Å²) in [5.41, 5.74) is 0.833. The van der Waals surface area contributed by atoms with Crippen molar-refractivity contribution in [2.45, 2.75) is 39.8 Å². The molecule has 0 aromatic carbocycles. The van der Waals surface area contributed by atoms with Gasteiger partial charge in [0.1, 0.15) is 0 Å². The van der Waals surface area contributed by atoms with Gasteiger partial charge in [-0.1, -0.05) is 25.4 Å². The van der Waals surface area contributed by atoms with Crippen LogP contribution in [0.5, 0.6) is 0 Å². The molecule has 0 spiro atoms. The lowest BCUT2D eigenvalue weighted by Gasteiger charge is -2.28. The van der Waals surface area contributed by atoms with Crippen LogP contribution in [-0.4, -0.2) is 40.3 Å². The average molecular weight is 316 g/mol. The third-order valence-electron chi connectivity index (χ3n) is 3.39. The first-order valence-electron chi connectivity index (χ1n) is 7.08. The highest BCUT2D eigenvalue weighted by Crippen LogP contribution is 2.21. The molecule has 1 aromatic heterocycles. The van der Waals surface area contributed by atoms with E-state index in [0.717, 1.165) is 5.69 Å². The predicted molar refractivity (Wildman–Crippen MR) is 85.4 cm³/mol. The van der Waals surface area contributed by atoms with Crippen molar-refractivity contribution in [2.24, 2.45) is 12.5 Å². The lowest BCUT2D eigenvalue weighted by Crippen LogP contribution is -2.42. The van der Waals surface area contributed by atoms with Crippen molar-refractivity contribution in [3.05, 3.63) is 23.0 Å². The minimum atomic E-state index is -0.375. The van der Waals surface area contributed by atoms with Crippen molar-refractivity contribution in [1.82, 2.24) is 14.8 Å². The van der Waals surface area contributed by atoms with Gasteiger partial charge in [0.25, 0.3) is 0 Å². The Bertz CT molecular complexity index is 483. The summed E-state index contributed by atoms with van der Waals surface area (Å²) in [4.78, 5) is 13.7. The lowest BCUT2D eigenvalue weighted by atomic mass is 9.87. The van der Waals surface area contributed by atoms with Gasteiger partial charge in [-0.05, 0) is 24.8 Å². The second-order valence-corrected chi connectivity index (χ2v) is 6.93. The summed E-state index contributed by atoms with van der Waals surface area (Å²) in [5, 5.41) is 13.0. The Hall–Kier alpha value is -1.20. The van der Waals surface area contributed by atoms with Crippen LogP contribution in [0.3, 0.4) is 0 Å². The van der Waals surface area contributed by atoms with E-state index in [-0.39, 0.29) is 17.6 Å². The van der Waals surface area contributed by atoms with Gasteiger partial charge in [-0.3, -0.25) is 0 Å². The Kier molecular flexibility index (Phi) is 6.10. The summed E-state index contributed by atoms with van der Waals surface area (Å²) >= 11 is 5.93. The van der Waals surface area contributed by atoms with Crippen molar-refractivity contribution in [3.8, 4) is 0 Å². The molecule has 5 nitrogen and oxygen atoms in total. The number of hydrogen-bond acceptors (Lipinski definition) is 2. The van der Waals surface area contributed by atoms with Crippen molar-refractivity contribution >= 4 is 17.6 Å². The van der Waals surface area contributed by atoms with E-state index in [4.69, 9.17) is 11.6 Å². The van der Waals surface area contributed by atoms with Crippen LogP contribution in [0.4, 0.5) is 4.79 Å². The molecule has 0 saturated heterocycles. The molecule has 2 N–H and O–H groups in total. The monoisotopic (exact) mass is 315 g/mol. The Labute approximate surface area is 131 Å². The van der Waals surface area contributed by atoms with E-state index in [2.05, 4.69) is 5.32 Å². The number of nitrogens with zero attached hydrogens (tertiary/aromatic N) is 2. The zero-order valence-corrected chi connectivity index (χ0v) is 14.2. The topological polar surface area (TPSA) is 57.5 Å². The van der Waals surface area contributed by atoms with Crippen molar-refractivity contribution in [1.29, 1.82) is 0 Å². The first kappa shape index (κ1) is 17.9. The van der Waals surface area contributed by atoms with E-state index < -0.39 is 0 Å². The molecule has 1 rings (SSSR count). The maximum absolute atomic E-state index is 12.1. The quantitative estimate of drug-likeness (QED) is 0.848. The molecule has 0 bridgehead atoms. The van der Waals surface area contributed by atoms with Gasteiger partial charge in [0.2, 0.25) is 0 Å². The zero-order chi connectivity index (χ0) is 16.2. The molecular weight excluding hydrogens is 290 g/mol. The highest BCUT2D eigenvalue weighted by Gasteiger charge is 2.22. The SMILES string of the molecule is CC(O)CC(C)(C)CNC(=O)N(C)Cc1cc(Cl)cn1C. The molecule has 120 valence electrons. The number of halogens is 1. The van der Waals surface area contributed by atoms with Gasteiger partial charge < -0.3 is 19.9 Å². The van der Waals surface area contributed by atoms with Crippen molar-refractivity contribution < 1.29 is 9.90 Å². The summed E-state index contributed by atoms with van der Waals surface area (Å²) in [6.45, 7) is 6.82. The molecule has 2 amide bonds. The molecule has 1 heterocycles. The summed E-state index contributed by atoms with van der Waals surface area (Å²) in [5.74, 6) is 0. The van der Waals surface area contributed by atoms with Crippen LogP contribution < -0.4 is 5.32 Å². The Morgan fingerprint density at radius 3 is 2.67 bits per heavy atom. The summed E-state index contributed by atoms with van der Waals surface area (Å²) in [6, 6.07) is 1.72. The molecule has 0 aliphatic rings. The first-order valence-corrected chi connectivity index (χ1v) is 7.46. The lowest BCUT2D eigenvalue weighted by molar-refractivity contribution is 0.127. The molecule has 0 aliphatic heterocycles. The highest BCUT2D eigenvalue weighted by molar-refractivity contribution is 6.30. The van der Waals surface area contributed by atoms with E-state index >= 15 is 0 Å². The van der Waals surface area contributed by atoms with Crippen LogP contribution >= 0.6 is 11.6 Å². The van der Waals surface area contributed by atoms with Gasteiger partial charge in [-0.2, -0.15) is 0 Å². The van der Waals surface area contributed by atoms with E-state index in [0.29, 0.717) is 24.5 Å². The largest absolute Gasteiger partial charge is 0.393 e. The second-order valence-electron chi connectivity index (χ2n) is 6.49. The van der Waals surface area contributed by atoms with Crippen molar-refractivity contribution in [3.63, 3.8) is 0 Å². The van der Waals surface area contributed by atoms with Crippen LogP contribution in [0.2, 0.25) is 5.02 Å². The minimum absolute atomic E-state index is 0.133. The van der Waals surface area contributed by atoms with Crippen LogP contribution in [0.15, 0.2) is 12.3 Å². The van der Waals surface area contributed by atoms with Gasteiger partial charge in [-0.25, -0.2) is 4.79 Å². The van der Waals surface area contributed by atoms with Gasteiger partial charge in [-0.15, -0.1) is 0 Å². The van der Waals surface area contributed by atoms with Crippen LogP contribution in [0.25, 0.3) is 0 Å². The molecule has 21 heavy (non-hydrogen) atoms. The molecule has 0 radical (unpaired) electrons. The van der Waals surface area contributed by atoms with E-state index in [9.17, 15) is 9.90 Å². The Balaban J connectivity index is 2.50. The molecule has 0 saturated carbocycles. The number of aliphatic hydroxyl groups excluding tert-OH is 1. The molecule has 6 heteroatoms. The summed E-state index contributed by atoms with van der Waals surface area (Å²) in [7, 11) is 3.65. The van der Waals surface area contributed by atoms with Gasteiger partial charge >= 0.3 is 6.03 Å². The molecule has 0 fully saturated rings. The summed E-state index contributed by atoms with van der Waals surface area (Å²) in [6.07, 6.45) is 2.08. The minimum Gasteiger partial charge on any atom is -0.393 e. The average Bonchev–Trinajstić information content (AvgIpc) is 2.63. The van der Waals surface area contributed by atoms with Gasteiger partial charge in [0.05, 0.1) is 17.7 Å². The number of rotatable bonds is 6. The number of urea groups is 1. The third kappa shape index (κ3) is 5.98. The number of aryl methyl sites for hydroxylation is 1. The summed E-state index contributed by atoms with van der Waals surface area (Å²) < 4.78 is 1.91. The Morgan fingerprint density at radius 2 is 2.19 bits per heavy atom. The molecule has 1 atom stereocenters. The number of carbonyl (C=O) groups is 1. The standard InChI is InChI=1S/C15H26ClN3O2/c1-11(20)7-15(2,3)10-17-14(21)19(5)9-13-6-12(16)8-18(13)4/h6,8,11,20H,7,9-10H2,1-5H3,(H,17,21). The van der Waals surface area contributed by atoms with E-state index in [1.165, 1.54) is 0 Å². The maximum atomic E-state index is 12.1. The molecule has 1 unspecified atom stereocenters. The van der Waals surface area contributed by atoms with E-state index in [1.54, 1.807) is 18.9 Å². The number of carbonyl (C=O) groups excluding carboxylic acids is 1. The normalized spacial score (nSPS) is 13.1. The number of aliphatic hydroxyl groups is 1. The Morgan fingerprint density at radius 1 is 1.57 bits per heavy atom. The molecular formula is C15H26ClN3O2. The number of hydrogen-bond donors (Lipinski definition) is 2. The van der Waals surface area contributed by atoms with Crippen LogP contribution in [0, 0.1) is 5.41 Å². The highest BCUT2D eigenvalue weighted by atomic mass is 35.5. The fraction of sp³-hybridized carbons (Fsp3) is 0.667. The fourth-order valence-electron chi connectivity index (χ4n) is 2.36. The smallest absolute Gasteiger partial charge is 0.317 e. The van der Waals surface area contributed by atoms with Crippen LogP contribution in [-0.2, 0) is 13.6 Å². The fourth-order valence-corrected chi connectivity index (χ4v) is 2.63. The number of amides is 2. The van der Waals surface area contributed by atoms with Crippen molar-refractivity contribution in [2.75, 3.05) is 13.6 Å². The second kappa shape index (κ2) is 7.18. The van der Waals surface area contributed by atoms with Gasteiger partial charge in [0.15, 0.2) is 0 Å². The number of aromatic nitrogens is 1. The van der Waals surface area contributed by atoms with Crippen LogP contribution in [0.1, 0.15) is 32.9 Å². The predicted octanol–water partition coefficient (Wildman–Crippen LogP) is 2.62.